The standard InChI is InChI=1S/C11H18N4O5/c1-17-4-6-7(18-2)8(19-3)11(20-6)15-5-13-10(14-15)9(12)16/h5-8,11H,4H2,1-3H3,(H2,12,16). The van der Waals surface area contributed by atoms with E-state index in [0.29, 0.717) is 6.61 Å². The first-order chi connectivity index (χ1) is 9.62. The average Bonchev–Trinajstić information content (AvgIpc) is 3.02. The van der Waals surface area contributed by atoms with Crippen molar-refractivity contribution in [1.82, 2.24) is 14.8 Å². The maximum absolute atomic E-state index is 11.0. The van der Waals surface area contributed by atoms with E-state index >= 15 is 0 Å². The highest BCUT2D eigenvalue weighted by atomic mass is 16.6. The van der Waals surface area contributed by atoms with Crippen LogP contribution in [0.2, 0.25) is 0 Å². The number of ether oxygens (including phenoxy) is 4. The Morgan fingerprint density at radius 3 is 2.60 bits per heavy atom. The first-order valence-electron chi connectivity index (χ1n) is 6.03. The molecule has 1 saturated heterocycles. The van der Waals surface area contributed by atoms with E-state index in [2.05, 4.69) is 10.1 Å². The van der Waals surface area contributed by atoms with Crippen LogP contribution >= 0.6 is 0 Å². The lowest BCUT2D eigenvalue weighted by atomic mass is 10.1. The molecule has 1 amide bonds. The summed E-state index contributed by atoms with van der Waals surface area (Å²) in [7, 11) is 4.70. The fraction of sp³-hybridized carbons (Fsp3) is 0.727. The molecule has 0 spiro atoms. The SMILES string of the molecule is COCC1OC(n2cnc(C(N)=O)n2)C(OC)C1OC. The molecular formula is C11H18N4O5. The zero-order valence-corrected chi connectivity index (χ0v) is 11.6. The van der Waals surface area contributed by atoms with E-state index in [1.54, 1.807) is 21.3 Å². The number of primary amides is 1. The summed E-state index contributed by atoms with van der Waals surface area (Å²) in [5.74, 6) is -0.778. The van der Waals surface area contributed by atoms with Crippen molar-refractivity contribution in [1.29, 1.82) is 0 Å². The number of aromatic nitrogens is 3. The second-order valence-electron chi connectivity index (χ2n) is 4.33. The Labute approximate surface area is 115 Å². The molecule has 0 bridgehead atoms. The van der Waals surface area contributed by atoms with Gasteiger partial charge in [-0.25, -0.2) is 9.67 Å². The number of nitrogens with zero attached hydrogens (tertiary/aromatic N) is 3. The van der Waals surface area contributed by atoms with Crippen molar-refractivity contribution >= 4 is 5.91 Å². The van der Waals surface area contributed by atoms with Crippen molar-refractivity contribution < 1.29 is 23.7 Å². The zero-order chi connectivity index (χ0) is 14.7. The Balaban J connectivity index is 2.22. The Morgan fingerprint density at radius 2 is 2.10 bits per heavy atom. The van der Waals surface area contributed by atoms with Gasteiger partial charge in [0, 0.05) is 21.3 Å². The van der Waals surface area contributed by atoms with Crippen LogP contribution in [0.15, 0.2) is 6.33 Å². The third kappa shape index (κ3) is 2.66. The van der Waals surface area contributed by atoms with Crippen molar-refractivity contribution in [3.05, 3.63) is 12.2 Å². The van der Waals surface area contributed by atoms with Crippen molar-refractivity contribution in [2.24, 2.45) is 5.73 Å². The summed E-state index contributed by atoms with van der Waals surface area (Å²) in [5.41, 5.74) is 5.13. The van der Waals surface area contributed by atoms with Crippen molar-refractivity contribution in [2.45, 2.75) is 24.5 Å². The van der Waals surface area contributed by atoms with Crippen molar-refractivity contribution in [3.8, 4) is 0 Å². The van der Waals surface area contributed by atoms with Crippen LogP contribution in [0.5, 0.6) is 0 Å². The Kier molecular flexibility index (Phi) is 4.65. The van der Waals surface area contributed by atoms with Gasteiger partial charge in [0.2, 0.25) is 5.82 Å². The van der Waals surface area contributed by atoms with E-state index in [9.17, 15) is 4.79 Å². The molecule has 2 rings (SSSR count). The van der Waals surface area contributed by atoms with Gasteiger partial charge in [-0.05, 0) is 0 Å². The molecule has 1 aromatic heterocycles. The molecule has 1 aliphatic rings. The lowest BCUT2D eigenvalue weighted by Gasteiger charge is -2.21. The maximum Gasteiger partial charge on any atom is 0.288 e. The molecule has 2 heterocycles. The van der Waals surface area contributed by atoms with Gasteiger partial charge in [0.25, 0.3) is 5.91 Å². The van der Waals surface area contributed by atoms with Gasteiger partial charge in [0.15, 0.2) is 6.23 Å². The van der Waals surface area contributed by atoms with Gasteiger partial charge in [-0.15, -0.1) is 5.10 Å². The molecule has 1 aromatic rings. The molecular weight excluding hydrogens is 268 g/mol. The van der Waals surface area contributed by atoms with Gasteiger partial charge in [-0.2, -0.15) is 0 Å². The lowest BCUT2D eigenvalue weighted by Crippen LogP contribution is -2.37. The predicted molar refractivity (Wildman–Crippen MR) is 65.9 cm³/mol. The van der Waals surface area contributed by atoms with Crippen LogP contribution < -0.4 is 5.73 Å². The molecule has 112 valence electrons. The molecule has 0 aliphatic carbocycles. The number of hydrogen-bond acceptors (Lipinski definition) is 7. The third-order valence-electron chi connectivity index (χ3n) is 3.15. The number of amides is 1. The summed E-state index contributed by atoms with van der Waals surface area (Å²) in [4.78, 5) is 14.9. The first-order valence-corrected chi connectivity index (χ1v) is 6.03. The second kappa shape index (κ2) is 6.27. The fourth-order valence-electron chi connectivity index (χ4n) is 2.27. The van der Waals surface area contributed by atoms with Crippen LogP contribution in [0.25, 0.3) is 0 Å². The Hall–Kier alpha value is -1.55. The minimum atomic E-state index is -0.701. The van der Waals surface area contributed by atoms with E-state index < -0.39 is 18.2 Å². The highest BCUT2D eigenvalue weighted by Crippen LogP contribution is 2.32. The van der Waals surface area contributed by atoms with Crippen molar-refractivity contribution in [2.75, 3.05) is 27.9 Å². The quantitative estimate of drug-likeness (QED) is 0.710. The van der Waals surface area contributed by atoms with E-state index in [0.717, 1.165) is 0 Å². The highest BCUT2D eigenvalue weighted by Gasteiger charge is 2.46. The van der Waals surface area contributed by atoms with Gasteiger partial charge >= 0.3 is 0 Å². The van der Waals surface area contributed by atoms with Crippen LogP contribution in [-0.2, 0) is 18.9 Å². The molecule has 1 fully saturated rings. The molecule has 0 radical (unpaired) electrons. The van der Waals surface area contributed by atoms with Crippen molar-refractivity contribution in [3.63, 3.8) is 0 Å². The number of carbonyl (C=O) groups is 1. The third-order valence-corrected chi connectivity index (χ3v) is 3.15. The molecule has 20 heavy (non-hydrogen) atoms. The highest BCUT2D eigenvalue weighted by molar-refractivity contribution is 5.88. The van der Waals surface area contributed by atoms with E-state index in [1.807, 2.05) is 0 Å². The lowest BCUT2D eigenvalue weighted by molar-refractivity contribution is -0.0709. The molecule has 2 N–H and O–H groups in total. The smallest absolute Gasteiger partial charge is 0.288 e. The minimum Gasteiger partial charge on any atom is -0.382 e. The molecule has 0 saturated carbocycles. The molecule has 4 unspecified atom stereocenters. The number of hydrogen-bond donors (Lipinski definition) is 1. The summed E-state index contributed by atoms with van der Waals surface area (Å²) in [6.45, 7) is 0.353. The van der Waals surface area contributed by atoms with Gasteiger partial charge in [0.05, 0.1) is 6.61 Å². The van der Waals surface area contributed by atoms with Crippen LogP contribution in [0, 0.1) is 0 Å². The first kappa shape index (κ1) is 14.9. The number of rotatable bonds is 6. The Morgan fingerprint density at radius 1 is 1.40 bits per heavy atom. The van der Waals surface area contributed by atoms with E-state index in [4.69, 9.17) is 24.7 Å². The topological polar surface area (TPSA) is 111 Å². The zero-order valence-electron chi connectivity index (χ0n) is 11.6. The largest absolute Gasteiger partial charge is 0.382 e. The maximum atomic E-state index is 11.0. The number of carbonyl (C=O) groups excluding carboxylic acids is 1. The van der Waals surface area contributed by atoms with Crippen LogP contribution in [-0.4, -0.2) is 66.9 Å². The summed E-state index contributed by atoms with van der Waals surface area (Å²) in [6.07, 6.45) is -0.209. The molecule has 9 nitrogen and oxygen atoms in total. The summed E-state index contributed by atoms with van der Waals surface area (Å²) in [5, 5.41) is 3.98. The molecule has 4 atom stereocenters. The van der Waals surface area contributed by atoms with Gasteiger partial charge in [-0.3, -0.25) is 4.79 Å². The second-order valence-corrected chi connectivity index (χ2v) is 4.33. The summed E-state index contributed by atoms with van der Waals surface area (Å²) < 4.78 is 23.1. The predicted octanol–water partition coefficient (Wildman–Crippen LogP) is -1.05. The normalized spacial score (nSPS) is 29.8. The molecule has 9 heteroatoms. The minimum absolute atomic E-state index is 0.0763. The molecule has 0 aromatic carbocycles. The van der Waals surface area contributed by atoms with Crippen LogP contribution in [0.3, 0.4) is 0 Å². The summed E-state index contributed by atoms with van der Waals surface area (Å²) >= 11 is 0. The Bertz CT molecular complexity index is 465. The fourth-order valence-corrected chi connectivity index (χ4v) is 2.27. The van der Waals surface area contributed by atoms with E-state index in [-0.39, 0.29) is 18.0 Å². The monoisotopic (exact) mass is 286 g/mol. The number of nitrogens with two attached hydrogens (primary N) is 1. The van der Waals surface area contributed by atoms with Gasteiger partial charge < -0.3 is 24.7 Å². The number of methoxy groups -OCH3 is 3. The average molecular weight is 286 g/mol. The van der Waals surface area contributed by atoms with Gasteiger partial charge in [-0.1, -0.05) is 0 Å². The van der Waals surface area contributed by atoms with E-state index in [1.165, 1.54) is 11.0 Å². The summed E-state index contributed by atoms with van der Waals surface area (Å²) in [6, 6.07) is 0. The molecule has 1 aliphatic heterocycles. The van der Waals surface area contributed by atoms with Crippen LogP contribution in [0.1, 0.15) is 16.8 Å². The van der Waals surface area contributed by atoms with Crippen LogP contribution in [0.4, 0.5) is 0 Å². The van der Waals surface area contributed by atoms with Gasteiger partial charge in [0.1, 0.15) is 24.6 Å².